The first-order valence-corrected chi connectivity index (χ1v) is 6.05. The number of benzene rings is 1. The monoisotopic (exact) mass is 240 g/mol. The topological polar surface area (TPSA) is 56.5 Å². The van der Waals surface area contributed by atoms with Gasteiger partial charge in [0.05, 0.1) is 11.9 Å². The highest BCUT2D eigenvalue weighted by molar-refractivity contribution is 5.97. The van der Waals surface area contributed by atoms with Crippen molar-refractivity contribution in [2.45, 2.75) is 13.5 Å². The largest absolute Gasteiger partial charge is 0.358 e. The van der Waals surface area contributed by atoms with Gasteiger partial charge in [-0.15, -0.1) is 0 Å². The average Bonchev–Trinajstić information content (AvgIpc) is 2.92. The van der Waals surface area contributed by atoms with Gasteiger partial charge < -0.3 is 10.3 Å². The Morgan fingerprint density at radius 1 is 1.28 bits per heavy atom. The minimum Gasteiger partial charge on any atom is -0.358 e. The Balaban J connectivity index is 2.24. The number of para-hydroxylation sites is 1. The fourth-order valence-electron chi connectivity index (χ4n) is 2.46. The van der Waals surface area contributed by atoms with Crippen molar-refractivity contribution in [2.75, 3.05) is 7.05 Å². The number of aryl methyl sites for hydroxylation is 1. The molecule has 0 unspecified atom stereocenters. The van der Waals surface area contributed by atoms with Crippen LogP contribution in [0, 0.1) is 6.92 Å². The van der Waals surface area contributed by atoms with Gasteiger partial charge in [0.15, 0.2) is 0 Å². The standard InChI is InChI=1S/C14H16N4/c1-9-14(10-5-3-4-6-12(10)17-9)11-7-16-18-13(11)8-15-2/h3-7,15,17H,8H2,1-2H3,(H,16,18). The normalized spacial score (nSPS) is 11.2. The molecule has 0 atom stereocenters. The van der Waals surface area contributed by atoms with Crippen LogP contribution in [0.3, 0.4) is 0 Å². The average molecular weight is 240 g/mol. The van der Waals surface area contributed by atoms with Crippen LogP contribution >= 0.6 is 0 Å². The molecule has 18 heavy (non-hydrogen) atoms. The Morgan fingerprint density at radius 2 is 2.11 bits per heavy atom. The molecular weight excluding hydrogens is 224 g/mol. The van der Waals surface area contributed by atoms with Crippen molar-refractivity contribution in [2.24, 2.45) is 0 Å². The smallest absolute Gasteiger partial charge is 0.0570 e. The van der Waals surface area contributed by atoms with Crippen LogP contribution in [0.25, 0.3) is 22.0 Å². The zero-order chi connectivity index (χ0) is 12.5. The maximum Gasteiger partial charge on any atom is 0.0570 e. The number of aromatic amines is 2. The van der Waals surface area contributed by atoms with Gasteiger partial charge in [0, 0.05) is 34.3 Å². The van der Waals surface area contributed by atoms with Gasteiger partial charge in [0.1, 0.15) is 0 Å². The fraction of sp³-hybridized carbons (Fsp3) is 0.214. The molecule has 0 aliphatic rings. The van der Waals surface area contributed by atoms with E-state index in [4.69, 9.17) is 0 Å². The number of nitrogens with zero attached hydrogens (tertiary/aromatic N) is 1. The summed E-state index contributed by atoms with van der Waals surface area (Å²) in [5, 5.41) is 11.6. The number of fused-ring (bicyclic) bond motifs is 1. The number of H-pyrrole nitrogens is 2. The molecule has 3 N–H and O–H groups in total. The van der Waals surface area contributed by atoms with Crippen molar-refractivity contribution in [1.82, 2.24) is 20.5 Å². The highest BCUT2D eigenvalue weighted by Crippen LogP contribution is 2.33. The van der Waals surface area contributed by atoms with E-state index in [2.05, 4.69) is 45.6 Å². The van der Waals surface area contributed by atoms with Crippen molar-refractivity contribution in [3.8, 4) is 11.1 Å². The van der Waals surface area contributed by atoms with Crippen molar-refractivity contribution < 1.29 is 0 Å². The minimum atomic E-state index is 0.786. The number of rotatable bonds is 3. The summed E-state index contributed by atoms with van der Waals surface area (Å²) < 4.78 is 0. The van der Waals surface area contributed by atoms with Crippen LogP contribution in [-0.2, 0) is 6.54 Å². The van der Waals surface area contributed by atoms with Crippen molar-refractivity contribution in [3.63, 3.8) is 0 Å². The molecule has 0 aliphatic carbocycles. The zero-order valence-electron chi connectivity index (χ0n) is 10.5. The Bertz CT molecular complexity index is 678. The van der Waals surface area contributed by atoms with E-state index in [1.165, 1.54) is 27.7 Å². The summed E-state index contributed by atoms with van der Waals surface area (Å²) in [6.07, 6.45) is 1.90. The zero-order valence-corrected chi connectivity index (χ0v) is 10.5. The van der Waals surface area contributed by atoms with Crippen LogP contribution in [0.15, 0.2) is 30.5 Å². The van der Waals surface area contributed by atoms with Gasteiger partial charge in [0.25, 0.3) is 0 Å². The second kappa shape index (κ2) is 4.31. The molecule has 0 bridgehead atoms. The van der Waals surface area contributed by atoms with Gasteiger partial charge in [-0.05, 0) is 20.0 Å². The molecule has 2 aromatic heterocycles. The highest BCUT2D eigenvalue weighted by Gasteiger charge is 2.14. The summed E-state index contributed by atoms with van der Waals surface area (Å²) in [6.45, 7) is 2.89. The summed E-state index contributed by atoms with van der Waals surface area (Å²) in [5.74, 6) is 0. The summed E-state index contributed by atoms with van der Waals surface area (Å²) >= 11 is 0. The molecule has 1 aromatic carbocycles. The molecule has 0 amide bonds. The first kappa shape index (κ1) is 11.0. The van der Waals surface area contributed by atoms with Crippen LogP contribution in [0.5, 0.6) is 0 Å². The van der Waals surface area contributed by atoms with Gasteiger partial charge >= 0.3 is 0 Å². The molecule has 0 spiro atoms. The van der Waals surface area contributed by atoms with Crippen LogP contribution < -0.4 is 5.32 Å². The summed E-state index contributed by atoms with van der Waals surface area (Å²) in [5.41, 5.74) is 5.87. The quantitative estimate of drug-likeness (QED) is 0.659. The molecule has 0 fully saturated rings. The van der Waals surface area contributed by atoms with E-state index in [0.29, 0.717) is 0 Å². The molecule has 92 valence electrons. The maximum atomic E-state index is 4.17. The van der Waals surface area contributed by atoms with Gasteiger partial charge in [-0.3, -0.25) is 5.10 Å². The summed E-state index contributed by atoms with van der Waals surface area (Å²) in [6, 6.07) is 8.36. The molecule has 4 heteroatoms. The second-order valence-corrected chi connectivity index (χ2v) is 4.46. The van der Waals surface area contributed by atoms with Crippen molar-refractivity contribution in [3.05, 3.63) is 41.9 Å². The van der Waals surface area contributed by atoms with Crippen molar-refractivity contribution in [1.29, 1.82) is 0 Å². The first-order valence-electron chi connectivity index (χ1n) is 6.05. The lowest BCUT2D eigenvalue weighted by Gasteiger charge is -2.03. The van der Waals surface area contributed by atoms with E-state index >= 15 is 0 Å². The van der Waals surface area contributed by atoms with Crippen LogP contribution in [0.4, 0.5) is 0 Å². The van der Waals surface area contributed by atoms with Gasteiger partial charge in [-0.1, -0.05) is 18.2 Å². The van der Waals surface area contributed by atoms with Gasteiger partial charge in [-0.25, -0.2) is 0 Å². The van der Waals surface area contributed by atoms with Crippen LogP contribution in [-0.4, -0.2) is 22.2 Å². The molecule has 2 heterocycles. The number of nitrogens with one attached hydrogen (secondary N) is 3. The molecule has 3 rings (SSSR count). The number of aromatic nitrogens is 3. The lowest BCUT2D eigenvalue weighted by atomic mass is 10.0. The molecule has 0 saturated heterocycles. The van der Waals surface area contributed by atoms with Gasteiger partial charge in [-0.2, -0.15) is 5.10 Å². The Morgan fingerprint density at radius 3 is 2.94 bits per heavy atom. The Kier molecular flexibility index (Phi) is 2.64. The van der Waals surface area contributed by atoms with Crippen LogP contribution in [0.2, 0.25) is 0 Å². The number of hydrogen-bond donors (Lipinski definition) is 3. The molecule has 3 aromatic rings. The third kappa shape index (κ3) is 1.62. The molecule has 0 aliphatic heterocycles. The van der Waals surface area contributed by atoms with E-state index in [-0.39, 0.29) is 0 Å². The Hall–Kier alpha value is -2.07. The number of hydrogen-bond acceptors (Lipinski definition) is 2. The van der Waals surface area contributed by atoms with E-state index in [1.54, 1.807) is 0 Å². The molecular formula is C14H16N4. The van der Waals surface area contributed by atoms with E-state index in [0.717, 1.165) is 12.2 Å². The van der Waals surface area contributed by atoms with Crippen molar-refractivity contribution >= 4 is 10.9 Å². The summed E-state index contributed by atoms with van der Waals surface area (Å²) in [7, 11) is 1.94. The molecule has 4 nitrogen and oxygen atoms in total. The summed E-state index contributed by atoms with van der Waals surface area (Å²) in [4.78, 5) is 3.42. The van der Waals surface area contributed by atoms with Gasteiger partial charge in [0.2, 0.25) is 0 Å². The minimum absolute atomic E-state index is 0.786. The van der Waals surface area contributed by atoms with Crippen LogP contribution in [0.1, 0.15) is 11.4 Å². The van der Waals surface area contributed by atoms with E-state index in [1.807, 2.05) is 19.3 Å². The van der Waals surface area contributed by atoms with E-state index < -0.39 is 0 Å². The fourth-order valence-corrected chi connectivity index (χ4v) is 2.46. The predicted octanol–water partition coefficient (Wildman–Crippen LogP) is 2.59. The third-order valence-corrected chi connectivity index (χ3v) is 3.23. The highest BCUT2D eigenvalue weighted by atomic mass is 15.1. The predicted molar refractivity (Wildman–Crippen MR) is 73.4 cm³/mol. The first-order chi connectivity index (χ1) is 8.81. The lowest BCUT2D eigenvalue weighted by molar-refractivity contribution is 0.785. The second-order valence-electron chi connectivity index (χ2n) is 4.46. The maximum absolute atomic E-state index is 4.17. The lowest BCUT2D eigenvalue weighted by Crippen LogP contribution is -2.06. The van der Waals surface area contributed by atoms with E-state index in [9.17, 15) is 0 Å². The SMILES string of the molecule is CNCc1[nH]ncc1-c1c(C)[nH]c2ccccc12. The third-order valence-electron chi connectivity index (χ3n) is 3.23. The Labute approximate surface area is 105 Å². The molecule has 0 radical (unpaired) electrons. The molecule has 0 saturated carbocycles.